The molecule has 2 atom stereocenters. The Bertz CT molecular complexity index is 191. The average molecular weight is 164 g/mol. The summed E-state index contributed by atoms with van der Waals surface area (Å²) >= 11 is 0. The van der Waals surface area contributed by atoms with E-state index in [0.29, 0.717) is 11.3 Å². The molecule has 0 aliphatic heterocycles. The van der Waals surface area contributed by atoms with Crippen molar-refractivity contribution in [1.82, 2.24) is 0 Å². The van der Waals surface area contributed by atoms with Gasteiger partial charge in [-0.25, -0.2) is 0 Å². The van der Waals surface area contributed by atoms with Crippen molar-refractivity contribution < 1.29 is 0 Å². The molecule has 0 heterocycles. The third-order valence-corrected chi connectivity index (χ3v) is 2.41. The Morgan fingerprint density at radius 2 is 1.67 bits per heavy atom. The molecule has 0 N–H and O–H groups in total. The molecule has 0 spiro atoms. The summed E-state index contributed by atoms with van der Waals surface area (Å²) in [6.07, 6.45) is 10.3. The zero-order chi connectivity index (χ0) is 9.19. The summed E-state index contributed by atoms with van der Waals surface area (Å²) < 4.78 is 0. The first-order valence-electron chi connectivity index (χ1n) is 4.84. The van der Waals surface area contributed by atoms with E-state index in [1.54, 1.807) is 0 Å². The van der Waals surface area contributed by atoms with Crippen molar-refractivity contribution in [3.05, 3.63) is 24.3 Å². The summed E-state index contributed by atoms with van der Waals surface area (Å²) in [5.74, 6) is 1.46. The van der Waals surface area contributed by atoms with Crippen LogP contribution in [-0.4, -0.2) is 0 Å². The van der Waals surface area contributed by atoms with E-state index in [4.69, 9.17) is 0 Å². The maximum atomic E-state index is 2.34. The maximum absolute atomic E-state index is 2.34. The smallest absolute Gasteiger partial charge is 0.0165 e. The molecule has 0 aromatic heterocycles. The zero-order valence-corrected chi connectivity index (χ0v) is 8.67. The molecule has 0 saturated carbocycles. The Balaban J connectivity index is 2.53. The maximum Gasteiger partial charge on any atom is -0.0165 e. The van der Waals surface area contributed by atoms with Crippen molar-refractivity contribution in [3.8, 4) is 0 Å². The molecule has 0 nitrogen and oxygen atoms in total. The van der Waals surface area contributed by atoms with Gasteiger partial charge in [0.2, 0.25) is 0 Å². The van der Waals surface area contributed by atoms with Gasteiger partial charge in [0.05, 0.1) is 0 Å². The van der Waals surface area contributed by atoms with Crippen LogP contribution in [-0.2, 0) is 0 Å². The van der Waals surface area contributed by atoms with Gasteiger partial charge in [-0.3, -0.25) is 0 Å². The average Bonchev–Trinajstić information content (AvgIpc) is 1.91. The van der Waals surface area contributed by atoms with Crippen LogP contribution in [0.25, 0.3) is 0 Å². The normalized spacial score (nSPS) is 29.3. The lowest BCUT2D eigenvalue weighted by Gasteiger charge is -2.28. The van der Waals surface area contributed by atoms with Gasteiger partial charge in [0, 0.05) is 0 Å². The molecule has 0 radical (unpaired) electrons. The molecule has 0 heteroatoms. The lowest BCUT2D eigenvalue weighted by atomic mass is 9.77. The van der Waals surface area contributed by atoms with Gasteiger partial charge < -0.3 is 0 Å². The minimum atomic E-state index is 0.453. The van der Waals surface area contributed by atoms with Crippen LogP contribution in [0.5, 0.6) is 0 Å². The fraction of sp³-hybridized carbons (Fsp3) is 0.667. The highest BCUT2D eigenvalue weighted by molar-refractivity contribution is 5.13. The number of allylic oxidation sites excluding steroid dienone is 4. The number of hydrogen-bond acceptors (Lipinski definition) is 0. The lowest BCUT2D eigenvalue weighted by Crippen LogP contribution is -2.17. The van der Waals surface area contributed by atoms with Crippen LogP contribution in [0.3, 0.4) is 0 Å². The fourth-order valence-corrected chi connectivity index (χ4v) is 1.73. The molecule has 1 rings (SSSR count). The standard InChI is InChI=1S/C12H20/c1-10-7-5-6-8-11(10)9-12(2,3)4/h5-8,10-11H,9H2,1-4H3. The van der Waals surface area contributed by atoms with Crippen molar-refractivity contribution in [2.75, 3.05) is 0 Å². The third-order valence-electron chi connectivity index (χ3n) is 2.41. The summed E-state index contributed by atoms with van der Waals surface area (Å²) in [4.78, 5) is 0. The van der Waals surface area contributed by atoms with E-state index in [1.807, 2.05) is 0 Å². The van der Waals surface area contributed by atoms with Crippen LogP contribution in [0, 0.1) is 17.3 Å². The number of rotatable bonds is 1. The molecule has 2 unspecified atom stereocenters. The second-order valence-electron chi connectivity index (χ2n) is 5.06. The monoisotopic (exact) mass is 164 g/mol. The van der Waals surface area contributed by atoms with E-state index in [2.05, 4.69) is 52.0 Å². The molecule has 68 valence electrons. The molecule has 0 aromatic carbocycles. The van der Waals surface area contributed by atoms with E-state index in [-0.39, 0.29) is 0 Å². The van der Waals surface area contributed by atoms with E-state index < -0.39 is 0 Å². The van der Waals surface area contributed by atoms with Gasteiger partial charge in [0.25, 0.3) is 0 Å². The highest BCUT2D eigenvalue weighted by atomic mass is 14.3. The van der Waals surface area contributed by atoms with E-state index in [9.17, 15) is 0 Å². The van der Waals surface area contributed by atoms with Gasteiger partial charge in [-0.2, -0.15) is 0 Å². The molecule has 0 fully saturated rings. The van der Waals surface area contributed by atoms with Crippen LogP contribution in [0.4, 0.5) is 0 Å². The second kappa shape index (κ2) is 3.47. The van der Waals surface area contributed by atoms with Crippen LogP contribution in [0.1, 0.15) is 34.1 Å². The predicted molar refractivity (Wildman–Crippen MR) is 55.0 cm³/mol. The van der Waals surface area contributed by atoms with Crippen molar-refractivity contribution >= 4 is 0 Å². The number of hydrogen-bond donors (Lipinski definition) is 0. The van der Waals surface area contributed by atoms with Gasteiger partial charge in [-0.1, -0.05) is 52.0 Å². The van der Waals surface area contributed by atoms with Gasteiger partial charge in [0.15, 0.2) is 0 Å². The van der Waals surface area contributed by atoms with Gasteiger partial charge in [0.1, 0.15) is 0 Å². The van der Waals surface area contributed by atoms with E-state index >= 15 is 0 Å². The molecule has 1 aliphatic rings. The molecule has 12 heavy (non-hydrogen) atoms. The molecule has 0 aromatic rings. The molecular formula is C12H20. The highest BCUT2D eigenvalue weighted by Crippen LogP contribution is 2.31. The Kier molecular flexibility index (Phi) is 2.76. The van der Waals surface area contributed by atoms with Crippen molar-refractivity contribution in [2.45, 2.75) is 34.1 Å². The van der Waals surface area contributed by atoms with Crippen LogP contribution < -0.4 is 0 Å². The molecule has 0 bridgehead atoms. The summed E-state index contributed by atoms with van der Waals surface area (Å²) in [7, 11) is 0. The first-order chi connectivity index (χ1) is 5.49. The van der Waals surface area contributed by atoms with Crippen LogP contribution in [0.15, 0.2) is 24.3 Å². The second-order valence-corrected chi connectivity index (χ2v) is 5.06. The third kappa shape index (κ3) is 2.84. The molecule has 1 aliphatic carbocycles. The van der Waals surface area contributed by atoms with E-state index in [1.165, 1.54) is 6.42 Å². The minimum Gasteiger partial charge on any atom is -0.0811 e. The lowest BCUT2D eigenvalue weighted by molar-refractivity contribution is 0.294. The predicted octanol–water partition coefficient (Wildman–Crippen LogP) is 3.80. The zero-order valence-electron chi connectivity index (χ0n) is 8.67. The minimum absolute atomic E-state index is 0.453. The van der Waals surface area contributed by atoms with Crippen LogP contribution in [0.2, 0.25) is 0 Å². The van der Waals surface area contributed by atoms with Crippen molar-refractivity contribution in [2.24, 2.45) is 17.3 Å². The SMILES string of the molecule is CC1C=CC=CC1CC(C)(C)C. The largest absolute Gasteiger partial charge is 0.0811 e. The fourth-order valence-electron chi connectivity index (χ4n) is 1.73. The van der Waals surface area contributed by atoms with Gasteiger partial charge in [-0.15, -0.1) is 0 Å². The Hall–Kier alpha value is -0.520. The molecular weight excluding hydrogens is 144 g/mol. The molecule has 0 amide bonds. The van der Waals surface area contributed by atoms with Crippen molar-refractivity contribution in [1.29, 1.82) is 0 Å². The summed E-state index contributed by atoms with van der Waals surface area (Å²) in [6.45, 7) is 9.24. The molecule has 0 saturated heterocycles. The first kappa shape index (κ1) is 9.57. The van der Waals surface area contributed by atoms with Crippen molar-refractivity contribution in [3.63, 3.8) is 0 Å². The summed E-state index contributed by atoms with van der Waals surface area (Å²) in [6, 6.07) is 0. The summed E-state index contributed by atoms with van der Waals surface area (Å²) in [5, 5.41) is 0. The Labute approximate surface area is 76.4 Å². The Morgan fingerprint density at radius 1 is 1.08 bits per heavy atom. The Morgan fingerprint density at radius 3 is 2.17 bits per heavy atom. The quantitative estimate of drug-likeness (QED) is 0.553. The van der Waals surface area contributed by atoms with E-state index in [0.717, 1.165) is 5.92 Å². The van der Waals surface area contributed by atoms with Gasteiger partial charge >= 0.3 is 0 Å². The van der Waals surface area contributed by atoms with Crippen LogP contribution >= 0.6 is 0 Å². The van der Waals surface area contributed by atoms with Gasteiger partial charge in [-0.05, 0) is 23.7 Å². The highest BCUT2D eigenvalue weighted by Gasteiger charge is 2.20. The first-order valence-corrected chi connectivity index (χ1v) is 4.84. The summed E-state index contributed by atoms with van der Waals surface area (Å²) in [5.41, 5.74) is 0.453. The topological polar surface area (TPSA) is 0 Å².